The van der Waals surface area contributed by atoms with Crippen LogP contribution in [0.2, 0.25) is 0 Å². The lowest BCUT2D eigenvalue weighted by atomic mass is 9.95. The molecule has 1 atom stereocenters. The number of carbonyl (C=O) groups is 3. The number of benzene rings is 4. The van der Waals surface area contributed by atoms with Gasteiger partial charge in [-0.15, -0.1) is 0 Å². The third kappa shape index (κ3) is 7.37. The molecule has 6 rings (SSSR count). The zero-order valence-electron chi connectivity index (χ0n) is 24.1. The molecular formula is C34H34N4O4S. The molecule has 2 aliphatic heterocycles. The van der Waals surface area contributed by atoms with Crippen molar-refractivity contribution in [1.29, 1.82) is 0 Å². The number of primary amides is 1. The van der Waals surface area contributed by atoms with E-state index in [-0.39, 0.29) is 19.1 Å². The third-order valence-electron chi connectivity index (χ3n) is 7.32. The number of ether oxygens (including phenoxy) is 1. The highest BCUT2D eigenvalue weighted by Gasteiger charge is 2.26. The summed E-state index contributed by atoms with van der Waals surface area (Å²) in [6.45, 7) is 2.56. The number of likely N-dealkylation sites (N-methyl/N-ethyl adjacent to an activating group) is 1. The largest absolute Gasteiger partial charge is 0.449 e. The maximum absolute atomic E-state index is 14.2. The molecule has 0 aliphatic carbocycles. The normalized spacial score (nSPS) is 15.5. The molecule has 0 radical (unpaired) electrons. The van der Waals surface area contributed by atoms with Crippen LogP contribution < -0.4 is 16.4 Å². The van der Waals surface area contributed by atoms with Crippen molar-refractivity contribution in [3.63, 3.8) is 0 Å². The van der Waals surface area contributed by atoms with Gasteiger partial charge in [-0.1, -0.05) is 61.2 Å². The quantitative estimate of drug-likeness (QED) is 0.238. The topological polar surface area (TPSA) is 114 Å². The fraction of sp³-hybridized carbons (Fsp3) is 0.206. The number of nitrogens with zero attached hydrogens (tertiary/aromatic N) is 1. The lowest BCUT2D eigenvalue weighted by molar-refractivity contribution is -0.131. The summed E-state index contributed by atoms with van der Waals surface area (Å²) in [7, 11) is 1.76. The van der Waals surface area contributed by atoms with Gasteiger partial charge in [0.2, 0.25) is 11.8 Å². The average Bonchev–Trinajstić information content (AvgIpc) is 3.01. The van der Waals surface area contributed by atoms with Crippen molar-refractivity contribution in [2.24, 2.45) is 5.73 Å². The first-order chi connectivity index (χ1) is 20.8. The Morgan fingerprint density at radius 2 is 1.81 bits per heavy atom. The van der Waals surface area contributed by atoms with Crippen molar-refractivity contribution in [3.8, 4) is 0 Å². The molecule has 2 heterocycles. The molecule has 1 unspecified atom stereocenters. The van der Waals surface area contributed by atoms with E-state index in [1.807, 2.05) is 72.8 Å². The average molecular weight is 595 g/mol. The van der Waals surface area contributed by atoms with Crippen LogP contribution in [0.15, 0.2) is 101 Å². The second-order valence-electron chi connectivity index (χ2n) is 10.3. The molecule has 0 fully saturated rings. The number of aryl methyl sites for hydroxylation is 1. The Kier molecular flexibility index (Phi) is 9.32. The molecule has 0 aromatic heterocycles. The Balaban J connectivity index is 1.55. The summed E-state index contributed by atoms with van der Waals surface area (Å²) in [5.41, 5.74) is 10.8. The molecule has 4 N–H and O–H groups in total. The van der Waals surface area contributed by atoms with Crippen molar-refractivity contribution >= 4 is 41.0 Å². The zero-order chi connectivity index (χ0) is 30.3. The van der Waals surface area contributed by atoms with Crippen LogP contribution in [0.25, 0.3) is 0 Å². The second-order valence-corrected chi connectivity index (χ2v) is 11.5. The van der Waals surface area contributed by atoms with Gasteiger partial charge in [-0.3, -0.25) is 14.9 Å². The summed E-state index contributed by atoms with van der Waals surface area (Å²) in [5.74, 6) is -0.694. The number of rotatable bonds is 6. The van der Waals surface area contributed by atoms with E-state index in [2.05, 4.69) is 17.6 Å². The summed E-state index contributed by atoms with van der Waals surface area (Å²) in [6, 6.07) is 27.7. The summed E-state index contributed by atoms with van der Waals surface area (Å²) >= 11 is 1.59. The molecule has 8 nitrogen and oxygen atoms in total. The Morgan fingerprint density at radius 1 is 1.00 bits per heavy atom. The van der Waals surface area contributed by atoms with E-state index in [1.165, 1.54) is 0 Å². The van der Waals surface area contributed by atoms with Gasteiger partial charge in [0.05, 0.1) is 6.61 Å². The van der Waals surface area contributed by atoms with Crippen molar-refractivity contribution < 1.29 is 19.1 Å². The fourth-order valence-corrected chi connectivity index (χ4v) is 6.01. The van der Waals surface area contributed by atoms with Crippen molar-refractivity contribution in [3.05, 3.63) is 119 Å². The molecule has 3 amide bonds. The maximum atomic E-state index is 14.2. The number of fused-ring (bicyclic) bond motifs is 9. The lowest BCUT2D eigenvalue weighted by Gasteiger charge is -2.27. The zero-order valence-corrected chi connectivity index (χ0v) is 24.9. The summed E-state index contributed by atoms with van der Waals surface area (Å²) in [6.07, 6.45) is 0.762. The minimum absolute atomic E-state index is 0.153. The van der Waals surface area contributed by atoms with Crippen molar-refractivity contribution in [2.45, 2.75) is 42.1 Å². The predicted molar refractivity (Wildman–Crippen MR) is 169 cm³/mol. The fourth-order valence-electron chi connectivity index (χ4n) is 5.07. The number of nitrogens with one attached hydrogen (secondary N) is 2. The smallest absolute Gasteiger partial charge is 0.411 e. The van der Waals surface area contributed by atoms with Gasteiger partial charge in [-0.05, 0) is 77.2 Å². The van der Waals surface area contributed by atoms with E-state index in [0.717, 1.165) is 38.5 Å². The maximum Gasteiger partial charge on any atom is 0.411 e. The molecule has 220 valence electrons. The number of hydrogen-bond donors (Lipinski definition) is 3. The Hall–Kier alpha value is -4.76. The van der Waals surface area contributed by atoms with Gasteiger partial charge in [-0.2, -0.15) is 0 Å². The molecule has 9 heteroatoms. The molecule has 43 heavy (non-hydrogen) atoms. The van der Waals surface area contributed by atoms with Gasteiger partial charge in [0.1, 0.15) is 6.04 Å². The molecule has 4 aromatic rings. The van der Waals surface area contributed by atoms with Crippen molar-refractivity contribution in [2.75, 3.05) is 24.3 Å². The minimum Gasteiger partial charge on any atom is -0.449 e. The highest BCUT2D eigenvalue weighted by molar-refractivity contribution is 7.99. The van der Waals surface area contributed by atoms with E-state index in [9.17, 15) is 14.4 Å². The van der Waals surface area contributed by atoms with Crippen LogP contribution in [0, 0.1) is 0 Å². The van der Waals surface area contributed by atoms with Crippen LogP contribution in [0.3, 0.4) is 0 Å². The van der Waals surface area contributed by atoms with Gasteiger partial charge in [-0.25, -0.2) is 4.79 Å². The first-order valence-corrected chi connectivity index (χ1v) is 14.9. The van der Waals surface area contributed by atoms with Crippen LogP contribution in [-0.2, 0) is 28.9 Å². The molecule has 0 spiro atoms. The van der Waals surface area contributed by atoms with Crippen LogP contribution in [0.4, 0.5) is 16.2 Å². The monoisotopic (exact) mass is 594 g/mol. The van der Waals surface area contributed by atoms with E-state index < -0.39 is 18.0 Å². The van der Waals surface area contributed by atoms with Gasteiger partial charge in [0, 0.05) is 46.7 Å². The molecular weight excluding hydrogens is 560 g/mol. The Labute approximate surface area is 255 Å². The summed E-state index contributed by atoms with van der Waals surface area (Å²) < 4.78 is 5.52. The highest BCUT2D eigenvalue weighted by atomic mass is 32.2. The van der Waals surface area contributed by atoms with Gasteiger partial charge < -0.3 is 20.7 Å². The van der Waals surface area contributed by atoms with E-state index in [1.54, 1.807) is 41.9 Å². The van der Waals surface area contributed by atoms with Crippen LogP contribution in [-0.4, -0.2) is 36.5 Å². The molecule has 4 bridgehead atoms. The highest BCUT2D eigenvalue weighted by Crippen LogP contribution is 2.34. The van der Waals surface area contributed by atoms with E-state index >= 15 is 0 Å². The number of anilines is 2. The minimum atomic E-state index is -0.732. The van der Waals surface area contributed by atoms with Crippen molar-refractivity contribution in [1.82, 2.24) is 4.90 Å². The molecule has 4 aromatic carbocycles. The Morgan fingerprint density at radius 3 is 2.58 bits per heavy atom. The van der Waals surface area contributed by atoms with Crippen LogP contribution >= 0.6 is 11.8 Å². The van der Waals surface area contributed by atoms with Gasteiger partial charge >= 0.3 is 6.09 Å². The molecule has 0 saturated carbocycles. The van der Waals surface area contributed by atoms with Crippen LogP contribution in [0.5, 0.6) is 0 Å². The van der Waals surface area contributed by atoms with Gasteiger partial charge in [0.25, 0.3) is 0 Å². The second kappa shape index (κ2) is 13.5. The first kappa shape index (κ1) is 29.7. The number of carbonyl (C=O) groups excluding carboxylic acids is 3. The molecule has 0 saturated heterocycles. The van der Waals surface area contributed by atoms with E-state index in [0.29, 0.717) is 23.4 Å². The van der Waals surface area contributed by atoms with Gasteiger partial charge in [0.15, 0.2) is 0 Å². The standard InChI is InChI=1S/C34H34N4O4S/c1-3-22-18-24-13-12-23(22)16-17-42-34(41)37-28-14-15-30(43-29-10-5-4-6-11-29)26(20-28)21-38(2)33(40)31(24)36-27-9-7-8-25(19-27)32(35)39/h4-15,18-20,31,36H,3,16-17,21H2,1-2H3,(H2,35,39)(H,37,41). The number of amides is 3. The summed E-state index contributed by atoms with van der Waals surface area (Å²) in [4.78, 5) is 42.4. The predicted octanol–water partition coefficient (Wildman–Crippen LogP) is 6.42. The number of nitrogens with two attached hydrogens (primary N) is 1. The lowest BCUT2D eigenvalue weighted by Crippen LogP contribution is -2.35. The Bertz CT molecular complexity index is 1640. The molecule has 2 aliphatic rings. The van der Waals surface area contributed by atoms with Crippen LogP contribution in [0.1, 0.15) is 45.6 Å². The van der Waals surface area contributed by atoms with E-state index in [4.69, 9.17) is 10.5 Å². The summed E-state index contributed by atoms with van der Waals surface area (Å²) in [5, 5.41) is 6.20. The first-order valence-electron chi connectivity index (χ1n) is 14.1. The number of hydrogen-bond acceptors (Lipinski definition) is 6. The SMILES string of the molecule is CCc1cc2ccc1CCOC(=O)Nc1ccc(Sc3ccccc3)c(c1)CN(C)C(=O)C2Nc1cccc(C(N)=O)c1. The third-order valence-corrected chi connectivity index (χ3v) is 8.44.